The summed E-state index contributed by atoms with van der Waals surface area (Å²) in [5.41, 5.74) is 8.24. The molecule has 0 aromatic heterocycles. The van der Waals surface area contributed by atoms with Gasteiger partial charge in [-0.1, -0.05) is 19.3 Å². The molecule has 0 heterocycles. The van der Waals surface area contributed by atoms with Crippen LogP contribution in [0.4, 0.5) is 5.69 Å². The monoisotopic (exact) mass is 282 g/mol. The summed E-state index contributed by atoms with van der Waals surface area (Å²) >= 11 is 0. The number of hydrogen-bond donors (Lipinski definition) is 2. The van der Waals surface area contributed by atoms with Crippen LogP contribution in [0.15, 0.2) is 17.0 Å². The van der Waals surface area contributed by atoms with Gasteiger partial charge in [0.15, 0.2) is 0 Å². The van der Waals surface area contributed by atoms with E-state index >= 15 is 0 Å². The molecule has 1 aromatic rings. The highest BCUT2D eigenvalue weighted by molar-refractivity contribution is 7.89. The third-order valence-electron chi connectivity index (χ3n) is 3.92. The van der Waals surface area contributed by atoms with Gasteiger partial charge in [0.2, 0.25) is 10.0 Å². The van der Waals surface area contributed by atoms with Gasteiger partial charge in [0.1, 0.15) is 0 Å². The Kier molecular flexibility index (Phi) is 4.16. The molecule has 1 aliphatic rings. The van der Waals surface area contributed by atoms with Crippen LogP contribution in [0.1, 0.15) is 43.2 Å². The summed E-state index contributed by atoms with van der Waals surface area (Å²) in [6.07, 6.45) is 5.26. The summed E-state index contributed by atoms with van der Waals surface area (Å²) in [4.78, 5) is 0.277. The number of nitrogen functional groups attached to an aromatic ring is 1. The van der Waals surface area contributed by atoms with Gasteiger partial charge >= 0.3 is 0 Å². The molecule has 0 saturated heterocycles. The van der Waals surface area contributed by atoms with Crippen LogP contribution in [0, 0.1) is 13.8 Å². The van der Waals surface area contributed by atoms with Gasteiger partial charge in [0, 0.05) is 11.7 Å². The maximum Gasteiger partial charge on any atom is 0.240 e. The molecule has 0 bridgehead atoms. The van der Waals surface area contributed by atoms with Crippen molar-refractivity contribution in [1.82, 2.24) is 4.72 Å². The van der Waals surface area contributed by atoms with E-state index in [1.54, 1.807) is 12.1 Å². The lowest BCUT2D eigenvalue weighted by atomic mass is 9.96. The Morgan fingerprint density at radius 3 is 2.37 bits per heavy atom. The third kappa shape index (κ3) is 3.28. The summed E-state index contributed by atoms with van der Waals surface area (Å²) in [5.74, 6) is 0. The molecule has 0 unspecified atom stereocenters. The zero-order chi connectivity index (χ0) is 14.0. The summed E-state index contributed by atoms with van der Waals surface area (Å²) in [6.45, 7) is 3.78. The van der Waals surface area contributed by atoms with Crippen LogP contribution in [-0.2, 0) is 10.0 Å². The maximum absolute atomic E-state index is 12.3. The molecule has 19 heavy (non-hydrogen) atoms. The minimum absolute atomic E-state index is 0.0709. The number of anilines is 1. The van der Waals surface area contributed by atoms with Crippen molar-refractivity contribution >= 4 is 15.7 Å². The molecule has 1 aromatic carbocycles. The van der Waals surface area contributed by atoms with E-state index < -0.39 is 10.0 Å². The lowest BCUT2D eigenvalue weighted by Gasteiger charge is -2.23. The van der Waals surface area contributed by atoms with Crippen LogP contribution >= 0.6 is 0 Å². The number of rotatable bonds is 3. The van der Waals surface area contributed by atoms with E-state index in [2.05, 4.69) is 4.72 Å². The Morgan fingerprint density at radius 1 is 1.16 bits per heavy atom. The number of sulfonamides is 1. The number of nitrogens with one attached hydrogen (secondary N) is 1. The second-order valence-electron chi connectivity index (χ2n) is 5.41. The van der Waals surface area contributed by atoms with Crippen molar-refractivity contribution in [3.05, 3.63) is 23.3 Å². The van der Waals surface area contributed by atoms with Crippen molar-refractivity contribution in [1.29, 1.82) is 0 Å². The standard InChI is InChI=1S/C14H22N2O2S/c1-10-8-13(9-14(15)11(10)2)19(17,18)16-12-6-4-3-5-7-12/h8-9,12,16H,3-7,15H2,1-2H3. The molecule has 0 atom stereocenters. The first-order chi connectivity index (χ1) is 8.90. The molecule has 0 amide bonds. The first kappa shape index (κ1) is 14.3. The van der Waals surface area contributed by atoms with Gasteiger partial charge in [0.05, 0.1) is 4.90 Å². The number of aryl methyl sites for hydroxylation is 1. The van der Waals surface area contributed by atoms with Crippen molar-refractivity contribution in [2.75, 3.05) is 5.73 Å². The van der Waals surface area contributed by atoms with Crippen molar-refractivity contribution in [3.8, 4) is 0 Å². The Labute approximate surface area is 115 Å². The van der Waals surface area contributed by atoms with Crippen LogP contribution < -0.4 is 10.5 Å². The van der Waals surface area contributed by atoms with Crippen molar-refractivity contribution in [2.45, 2.75) is 56.9 Å². The van der Waals surface area contributed by atoms with Gasteiger partial charge in [-0.25, -0.2) is 13.1 Å². The maximum atomic E-state index is 12.3. The molecular weight excluding hydrogens is 260 g/mol. The zero-order valence-electron chi connectivity index (χ0n) is 11.6. The molecule has 2 rings (SSSR count). The average Bonchev–Trinajstić information content (AvgIpc) is 2.36. The topological polar surface area (TPSA) is 72.2 Å². The summed E-state index contributed by atoms with van der Waals surface area (Å²) in [7, 11) is -3.45. The molecule has 1 aliphatic carbocycles. The second kappa shape index (κ2) is 5.51. The van der Waals surface area contributed by atoms with Crippen LogP contribution in [-0.4, -0.2) is 14.5 Å². The first-order valence-electron chi connectivity index (χ1n) is 6.79. The van der Waals surface area contributed by atoms with Gasteiger partial charge in [0.25, 0.3) is 0 Å². The van der Waals surface area contributed by atoms with E-state index in [0.29, 0.717) is 5.69 Å². The minimum atomic E-state index is -3.45. The second-order valence-corrected chi connectivity index (χ2v) is 7.12. The van der Waals surface area contributed by atoms with E-state index in [0.717, 1.165) is 36.8 Å². The fourth-order valence-electron chi connectivity index (χ4n) is 2.52. The van der Waals surface area contributed by atoms with E-state index in [1.807, 2.05) is 13.8 Å². The number of nitrogens with two attached hydrogens (primary N) is 1. The molecule has 3 N–H and O–H groups in total. The molecule has 1 saturated carbocycles. The Morgan fingerprint density at radius 2 is 1.79 bits per heavy atom. The SMILES string of the molecule is Cc1cc(S(=O)(=O)NC2CCCCC2)cc(N)c1C. The Bertz CT molecular complexity index is 538. The predicted octanol–water partition coefficient (Wildman–Crippen LogP) is 2.50. The van der Waals surface area contributed by atoms with Crippen molar-refractivity contribution in [2.24, 2.45) is 0 Å². The summed E-state index contributed by atoms with van der Waals surface area (Å²) < 4.78 is 27.5. The molecule has 0 aliphatic heterocycles. The van der Waals surface area contributed by atoms with E-state index in [-0.39, 0.29) is 10.9 Å². The van der Waals surface area contributed by atoms with Gasteiger partial charge in [-0.2, -0.15) is 0 Å². The lowest BCUT2D eigenvalue weighted by Crippen LogP contribution is -2.36. The highest BCUT2D eigenvalue weighted by atomic mass is 32.2. The molecule has 0 radical (unpaired) electrons. The number of hydrogen-bond acceptors (Lipinski definition) is 3. The van der Waals surface area contributed by atoms with Crippen molar-refractivity contribution < 1.29 is 8.42 Å². The lowest BCUT2D eigenvalue weighted by molar-refractivity contribution is 0.412. The molecule has 5 heteroatoms. The van der Waals surface area contributed by atoms with E-state index in [1.165, 1.54) is 6.42 Å². The zero-order valence-corrected chi connectivity index (χ0v) is 12.4. The Hall–Kier alpha value is -1.07. The fraction of sp³-hybridized carbons (Fsp3) is 0.571. The third-order valence-corrected chi connectivity index (χ3v) is 5.42. The first-order valence-corrected chi connectivity index (χ1v) is 8.27. The van der Waals surface area contributed by atoms with Crippen LogP contribution in [0.2, 0.25) is 0 Å². The highest BCUT2D eigenvalue weighted by Crippen LogP contribution is 2.23. The predicted molar refractivity (Wildman–Crippen MR) is 77.5 cm³/mol. The largest absolute Gasteiger partial charge is 0.398 e. The summed E-state index contributed by atoms with van der Waals surface area (Å²) in [5, 5.41) is 0. The molecule has 0 spiro atoms. The normalized spacial score (nSPS) is 17.6. The van der Waals surface area contributed by atoms with Gasteiger partial charge < -0.3 is 5.73 Å². The van der Waals surface area contributed by atoms with Gasteiger partial charge in [-0.3, -0.25) is 0 Å². The smallest absolute Gasteiger partial charge is 0.240 e. The van der Waals surface area contributed by atoms with Crippen molar-refractivity contribution in [3.63, 3.8) is 0 Å². The molecule has 106 valence electrons. The Balaban J connectivity index is 2.24. The average molecular weight is 282 g/mol. The van der Waals surface area contributed by atoms with Crippen LogP contribution in [0.25, 0.3) is 0 Å². The summed E-state index contributed by atoms with van der Waals surface area (Å²) in [6, 6.07) is 3.31. The fourth-order valence-corrected chi connectivity index (χ4v) is 3.94. The van der Waals surface area contributed by atoms with E-state index in [4.69, 9.17) is 5.73 Å². The molecule has 1 fully saturated rings. The number of benzene rings is 1. The quantitative estimate of drug-likeness (QED) is 0.837. The van der Waals surface area contributed by atoms with E-state index in [9.17, 15) is 8.42 Å². The minimum Gasteiger partial charge on any atom is -0.398 e. The van der Waals surface area contributed by atoms with Crippen LogP contribution in [0.3, 0.4) is 0 Å². The molecule has 4 nitrogen and oxygen atoms in total. The van der Waals surface area contributed by atoms with Gasteiger partial charge in [-0.05, 0) is 49.9 Å². The highest BCUT2D eigenvalue weighted by Gasteiger charge is 2.22. The van der Waals surface area contributed by atoms with Crippen LogP contribution in [0.5, 0.6) is 0 Å². The molecular formula is C14H22N2O2S. The van der Waals surface area contributed by atoms with Gasteiger partial charge in [-0.15, -0.1) is 0 Å².